The second kappa shape index (κ2) is 31.6. The molecule has 0 aliphatic heterocycles. The van der Waals surface area contributed by atoms with E-state index in [2.05, 4.69) is 48.5 Å². The molecule has 0 amide bonds. The minimum atomic E-state index is -0.0504. The van der Waals surface area contributed by atoms with Crippen LogP contribution in [0.2, 0.25) is 0 Å². The fourth-order valence-electron chi connectivity index (χ4n) is 7.98. The standard InChI is InChI=1S/C52H82O6/c1-43(2)57-49(53)39-27-23-19-15-11-7-5-9-13-17-21-25-33-41-55-51-45-35-29-31-37-47(45)52(48-38-32-30-36-46(48)51)56-42-34-26-22-18-14-10-6-8-12-16-20-24-28-40-50(54)58-44(3)4/h29-32,35-38,43-44H,5-28,33-34,39-42H2,1-4H3. The van der Waals surface area contributed by atoms with Crippen molar-refractivity contribution in [3.63, 3.8) is 0 Å². The number of esters is 2. The van der Waals surface area contributed by atoms with E-state index in [0.717, 1.165) is 84.8 Å². The summed E-state index contributed by atoms with van der Waals surface area (Å²) in [4.78, 5) is 23.2. The largest absolute Gasteiger partial charge is 0.492 e. The Morgan fingerprint density at radius 1 is 0.362 bits per heavy atom. The van der Waals surface area contributed by atoms with Crippen molar-refractivity contribution >= 4 is 33.5 Å². The van der Waals surface area contributed by atoms with Gasteiger partial charge in [0, 0.05) is 34.4 Å². The molecule has 58 heavy (non-hydrogen) atoms. The van der Waals surface area contributed by atoms with Crippen LogP contribution >= 0.6 is 0 Å². The highest BCUT2D eigenvalue weighted by atomic mass is 16.5. The third kappa shape index (κ3) is 21.6. The van der Waals surface area contributed by atoms with Gasteiger partial charge in [0.1, 0.15) is 11.5 Å². The summed E-state index contributed by atoms with van der Waals surface area (Å²) in [5.41, 5.74) is 0. The number of hydrogen-bond acceptors (Lipinski definition) is 6. The molecular weight excluding hydrogens is 721 g/mol. The Balaban J connectivity index is 1.23. The van der Waals surface area contributed by atoms with E-state index in [9.17, 15) is 9.59 Å². The summed E-state index contributed by atoms with van der Waals surface area (Å²) in [6.45, 7) is 9.12. The number of benzene rings is 3. The van der Waals surface area contributed by atoms with Crippen LogP contribution in [0, 0.1) is 0 Å². The first-order chi connectivity index (χ1) is 28.4. The van der Waals surface area contributed by atoms with E-state index in [-0.39, 0.29) is 24.1 Å². The molecule has 0 aromatic heterocycles. The molecule has 326 valence electrons. The summed E-state index contributed by atoms with van der Waals surface area (Å²) in [7, 11) is 0. The van der Waals surface area contributed by atoms with Gasteiger partial charge in [0.15, 0.2) is 0 Å². The zero-order chi connectivity index (χ0) is 41.5. The van der Waals surface area contributed by atoms with Crippen molar-refractivity contribution in [2.24, 2.45) is 0 Å². The second-order valence-electron chi connectivity index (χ2n) is 17.2. The lowest BCUT2D eigenvalue weighted by molar-refractivity contribution is -0.148. The van der Waals surface area contributed by atoms with Crippen LogP contribution in [0.4, 0.5) is 0 Å². The fourth-order valence-corrected chi connectivity index (χ4v) is 7.98. The highest BCUT2D eigenvalue weighted by Crippen LogP contribution is 2.42. The number of fused-ring (bicyclic) bond motifs is 2. The summed E-state index contributed by atoms with van der Waals surface area (Å²) in [6.07, 6.45) is 33.4. The molecule has 0 unspecified atom stereocenters. The molecule has 0 saturated heterocycles. The number of carbonyl (C=O) groups excluding carboxylic acids is 2. The van der Waals surface area contributed by atoms with Gasteiger partial charge in [-0.25, -0.2) is 0 Å². The molecule has 0 bridgehead atoms. The third-order valence-corrected chi connectivity index (χ3v) is 11.1. The lowest BCUT2D eigenvalue weighted by atomic mass is 10.0. The molecule has 0 spiro atoms. The molecule has 6 nitrogen and oxygen atoms in total. The molecule has 0 radical (unpaired) electrons. The molecule has 0 heterocycles. The monoisotopic (exact) mass is 803 g/mol. The van der Waals surface area contributed by atoms with E-state index in [1.165, 1.54) is 128 Å². The predicted molar refractivity (Wildman–Crippen MR) is 244 cm³/mol. The Kier molecular flexibility index (Phi) is 26.8. The van der Waals surface area contributed by atoms with E-state index in [1.54, 1.807) is 0 Å². The van der Waals surface area contributed by atoms with Crippen molar-refractivity contribution in [3.05, 3.63) is 48.5 Å². The maximum atomic E-state index is 11.6. The van der Waals surface area contributed by atoms with Gasteiger partial charge < -0.3 is 18.9 Å². The highest BCUT2D eigenvalue weighted by Gasteiger charge is 2.16. The molecule has 0 atom stereocenters. The van der Waals surface area contributed by atoms with Crippen LogP contribution in [0.1, 0.15) is 207 Å². The van der Waals surface area contributed by atoms with Crippen molar-refractivity contribution in [1.82, 2.24) is 0 Å². The van der Waals surface area contributed by atoms with Crippen LogP contribution in [0.25, 0.3) is 21.5 Å². The highest BCUT2D eigenvalue weighted by molar-refractivity contribution is 6.11. The van der Waals surface area contributed by atoms with Crippen molar-refractivity contribution in [2.75, 3.05) is 13.2 Å². The number of unbranched alkanes of at least 4 members (excludes halogenated alkanes) is 24. The Morgan fingerprint density at radius 2 is 0.586 bits per heavy atom. The molecule has 6 heteroatoms. The van der Waals surface area contributed by atoms with E-state index in [4.69, 9.17) is 18.9 Å². The van der Waals surface area contributed by atoms with Crippen LogP contribution in [0.3, 0.4) is 0 Å². The van der Waals surface area contributed by atoms with Crippen molar-refractivity contribution < 1.29 is 28.5 Å². The summed E-state index contributed by atoms with van der Waals surface area (Å²) in [6, 6.07) is 17.2. The Bertz CT molecular complexity index is 1340. The molecule has 3 aromatic rings. The Labute approximate surface area is 353 Å². The van der Waals surface area contributed by atoms with Crippen LogP contribution in [0.15, 0.2) is 48.5 Å². The molecule has 3 rings (SSSR count). The molecule has 0 N–H and O–H groups in total. The minimum absolute atomic E-state index is 0.00357. The number of ether oxygens (including phenoxy) is 4. The maximum absolute atomic E-state index is 11.6. The first kappa shape index (κ1) is 49.1. The van der Waals surface area contributed by atoms with Gasteiger partial charge in [0.05, 0.1) is 25.4 Å². The first-order valence-corrected chi connectivity index (χ1v) is 23.9. The smallest absolute Gasteiger partial charge is 0.306 e. The molecule has 0 saturated carbocycles. The van der Waals surface area contributed by atoms with E-state index in [0.29, 0.717) is 12.8 Å². The normalized spacial score (nSPS) is 11.6. The summed E-state index contributed by atoms with van der Waals surface area (Å²) >= 11 is 0. The molecule has 0 aliphatic carbocycles. The van der Waals surface area contributed by atoms with Gasteiger partial charge in [-0.2, -0.15) is 0 Å². The van der Waals surface area contributed by atoms with Gasteiger partial charge >= 0.3 is 11.9 Å². The average molecular weight is 803 g/mol. The molecule has 3 aromatic carbocycles. The van der Waals surface area contributed by atoms with E-state index >= 15 is 0 Å². The number of rotatable bonds is 36. The zero-order valence-corrected chi connectivity index (χ0v) is 37.4. The van der Waals surface area contributed by atoms with Crippen molar-refractivity contribution in [3.8, 4) is 11.5 Å². The molecule has 0 fully saturated rings. The van der Waals surface area contributed by atoms with Gasteiger partial charge in [-0.15, -0.1) is 0 Å². The van der Waals surface area contributed by atoms with Gasteiger partial charge in [-0.1, -0.05) is 190 Å². The Morgan fingerprint density at radius 3 is 0.828 bits per heavy atom. The van der Waals surface area contributed by atoms with Crippen molar-refractivity contribution in [1.29, 1.82) is 0 Å². The lowest BCUT2D eigenvalue weighted by Gasteiger charge is -2.18. The van der Waals surface area contributed by atoms with Gasteiger partial charge in [0.25, 0.3) is 0 Å². The van der Waals surface area contributed by atoms with E-state index < -0.39 is 0 Å². The average Bonchev–Trinajstić information content (AvgIpc) is 3.20. The summed E-state index contributed by atoms with van der Waals surface area (Å²) < 4.78 is 23.6. The predicted octanol–water partition coefficient (Wildman–Crippen LogP) is 15.6. The van der Waals surface area contributed by atoms with Crippen LogP contribution in [-0.4, -0.2) is 37.4 Å². The first-order valence-electron chi connectivity index (χ1n) is 23.9. The van der Waals surface area contributed by atoms with Crippen LogP contribution in [-0.2, 0) is 19.1 Å². The second-order valence-corrected chi connectivity index (χ2v) is 17.2. The van der Waals surface area contributed by atoms with Crippen molar-refractivity contribution in [2.45, 2.75) is 220 Å². The molecular formula is C52H82O6. The SMILES string of the molecule is CC(C)OC(=O)CCCCCCCCCCCCCCCOc1c2ccccc2c(OCCCCCCCCCCCCCCCC(=O)OC(C)C)c2ccccc12. The van der Waals surface area contributed by atoms with E-state index in [1.807, 2.05) is 27.7 Å². The quantitative estimate of drug-likeness (QED) is 0.0331. The van der Waals surface area contributed by atoms with Gasteiger partial charge in [0.2, 0.25) is 0 Å². The van der Waals surface area contributed by atoms with Gasteiger partial charge in [-0.05, 0) is 53.4 Å². The molecule has 0 aliphatic rings. The van der Waals surface area contributed by atoms with Crippen LogP contribution < -0.4 is 9.47 Å². The maximum Gasteiger partial charge on any atom is 0.306 e. The number of carbonyl (C=O) groups is 2. The number of hydrogen-bond donors (Lipinski definition) is 0. The minimum Gasteiger partial charge on any atom is -0.492 e. The zero-order valence-electron chi connectivity index (χ0n) is 37.4. The topological polar surface area (TPSA) is 71.1 Å². The lowest BCUT2D eigenvalue weighted by Crippen LogP contribution is -2.10. The van der Waals surface area contributed by atoms with Gasteiger partial charge in [-0.3, -0.25) is 9.59 Å². The fraction of sp³-hybridized carbons (Fsp3) is 0.692. The summed E-state index contributed by atoms with van der Waals surface area (Å²) in [5.74, 6) is 1.89. The summed E-state index contributed by atoms with van der Waals surface area (Å²) in [5, 5.41) is 4.58. The van der Waals surface area contributed by atoms with Crippen LogP contribution in [0.5, 0.6) is 11.5 Å². The Hall–Kier alpha value is -3.28. The third-order valence-electron chi connectivity index (χ3n) is 11.1.